The highest BCUT2D eigenvalue weighted by Gasteiger charge is 2.23. The van der Waals surface area contributed by atoms with Crippen LogP contribution in [0.15, 0.2) is 18.2 Å². The van der Waals surface area contributed by atoms with E-state index in [9.17, 15) is 14.9 Å². The van der Waals surface area contributed by atoms with Crippen LogP contribution in [0.25, 0.3) is 0 Å². The van der Waals surface area contributed by atoms with Gasteiger partial charge in [0.2, 0.25) is 0 Å². The number of benzene rings is 1. The number of hydrogen-bond donors (Lipinski definition) is 1. The molecule has 0 radical (unpaired) electrons. The van der Waals surface area contributed by atoms with Crippen molar-refractivity contribution in [3.8, 4) is 5.75 Å². The first-order valence-corrected chi connectivity index (χ1v) is 7.96. The molecule has 1 atom stereocenters. The third kappa shape index (κ3) is 5.84. The largest absolute Gasteiger partial charge is 0.475 e. The van der Waals surface area contributed by atoms with Crippen LogP contribution in [0.4, 0.5) is 5.69 Å². The zero-order valence-electron chi connectivity index (χ0n) is 14.2. The van der Waals surface area contributed by atoms with E-state index in [4.69, 9.17) is 10.5 Å². The zero-order chi connectivity index (χ0) is 17.5. The summed E-state index contributed by atoms with van der Waals surface area (Å²) in [5.74, 6) is -0.532. The summed E-state index contributed by atoms with van der Waals surface area (Å²) < 4.78 is 9.66. The molecule has 2 rings (SSSR count). The Morgan fingerprint density at radius 3 is 2.84 bits per heavy atom. The van der Waals surface area contributed by atoms with Crippen molar-refractivity contribution < 1.29 is 19.2 Å². The fraction of sp³-hybridized carbons (Fsp3) is 0.562. The number of ether oxygens (including phenoxy) is 2. The first-order chi connectivity index (χ1) is 11.5. The Balaban J connectivity index is 0.00000312. The van der Waals surface area contributed by atoms with Crippen LogP contribution >= 0.6 is 12.4 Å². The Morgan fingerprint density at radius 2 is 2.20 bits per heavy atom. The van der Waals surface area contributed by atoms with Gasteiger partial charge in [0.1, 0.15) is 0 Å². The Kier molecular flexibility index (Phi) is 8.60. The minimum absolute atomic E-state index is 0. The maximum Gasteiger partial charge on any atom is 0.343 e. The number of piperidine rings is 1. The molecule has 0 aromatic heterocycles. The van der Waals surface area contributed by atoms with Crippen LogP contribution in [-0.2, 0) is 16.1 Å². The average Bonchev–Trinajstić information content (AvgIpc) is 2.60. The summed E-state index contributed by atoms with van der Waals surface area (Å²) in [4.78, 5) is 24.2. The van der Waals surface area contributed by atoms with Crippen LogP contribution in [0.3, 0.4) is 0 Å². The van der Waals surface area contributed by atoms with Gasteiger partial charge in [-0.1, -0.05) is 12.5 Å². The lowest BCUT2D eigenvalue weighted by atomic mass is 10.0. The SMILES string of the molecule is COC(=O)COc1ccc(CN2CCCCC2CN)cc1[N+](=O)[O-].Cl. The molecule has 1 aromatic rings. The van der Waals surface area contributed by atoms with Gasteiger partial charge in [-0.15, -0.1) is 12.4 Å². The molecule has 1 fully saturated rings. The maximum atomic E-state index is 11.3. The molecule has 25 heavy (non-hydrogen) atoms. The van der Waals surface area contributed by atoms with Crippen LogP contribution in [-0.4, -0.2) is 48.6 Å². The molecule has 1 aliphatic heterocycles. The number of rotatable bonds is 7. The first kappa shape index (κ1) is 21.1. The van der Waals surface area contributed by atoms with E-state index in [1.807, 2.05) is 0 Å². The molecule has 0 bridgehead atoms. The van der Waals surface area contributed by atoms with Gasteiger partial charge in [-0.2, -0.15) is 0 Å². The predicted molar refractivity (Wildman–Crippen MR) is 95.0 cm³/mol. The summed E-state index contributed by atoms with van der Waals surface area (Å²) in [7, 11) is 1.23. The van der Waals surface area contributed by atoms with Crippen LogP contribution < -0.4 is 10.5 Å². The third-order valence-electron chi connectivity index (χ3n) is 4.20. The first-order valence-electron chi connectivity index (χ1n) is 7.96. The van der Waals surface area contributed by atoms with Crippen LogP contribution in [0, 0.1) is 10.1 Å². The Labute approximate surface area is 152 Å². The van der Waals surface area contributed by atoms with E-state index in [0.717, 1.165) is 24.9 Å². The highest BCUT2D eigenvalue weighted by molar-refractivity contribution is 5.85. The van der Waals surface area contributed by atoms with Crippen molar-refractivity contribution in [1.29, 1.82) is 0 Å². The number of likely N-dealkylation sites (tertiary alicyclic amines) is 1. The zero-order valence-corrected chi connectivity index (χ0v) is 15.0. The van der Waals surface area contributed by atoms with E-state index in [-0.39, 0.29) is 30.5 Å². The molecule has 1 aromatic carbocycles. The molecule has 0 amide bonds. The molecule has 0 spiro atoms. The quantitative estimate of drug-likeness (QED) is 0.441. The lowest BCUT2D eigenvalue weighted by Crippen LogP contribution is -2.43. The van der Waals surface area contributed by atoms with E-state index < -0.39 is 10.9 Å². The summed E-state index contributed by atoms with van der Waals surface area (Å²) in [6.07, 6.45) is 3.33. The molecule has 2 N–H and O–H groups in total. The van der Waals surface area contributed by atoms with Crippen molar-refractivity contribution in [2.45, 2.75) is 31.8 Å². The van der Waals surface area contributed by atoms with Crippen LogP contribution in [0.1, 0.15) is 24.8 Å². The standard InChI is InChI=1S/C16H23N3O5.ClH/c1-23-16(20)11-24-15-6-5-12(8-14(15)19(21)22)10-18-7-3-2-4-13(18)9-17;/h5-6,8,13H,2-4,7,9-11,17H2,1H3;1H. The molecular formula is C16H24ClN3O5. The summed E-state index contributed by atoms with van der Waals surface area (Å²) >= 11 is 0. The summed E-state index contributed by atoms with van der Waals surface area (Å²) in [5, 5.41) is 11.3. The topological polar surface area (TPSA) is 108 Å². The van der Waals surface area contributed by atoms with Gasteiger partial charge in [0, 0.05) is 25.2 Å². The van der Waals surface area contributed by atoms with Crippen molar-refractivity contribution in [2.24, 2.45) is 5.73 Å². The minimum atomic E-state index is -0.590. The Hall–Kier alpha value is -1.90. The molecular weight excluding hydrogens is 350 g/mol. The van der Waals surface area contributed by atoms with Gasteiger partial charge in [0.05, 0.1) is 12.0 Å². The fourth-order valence-corrected chi connectivity index (χ4v) is 2.89. The van der Waals surface area contributed by atoms with Gasteiger partial charge >= 0.3 is 11.7 Å². The van der Waals surface area contributed by atoms with Gasteiger partial charge in [-0.05, 0) is 31.0 Å². The molecule has 140 valence electrons. The molecule has 1 unspecified atom stereocenters. The second-order valence-corrected chi connectivity index (χ2v) is 5.78. The highest BCUT2D eigenvalue weighted by Crippen LogP contribution is 2.29. The predicted octanol–water partition coefficient (Wildman–Crippen LogP) is 1.88. The number of nitrogens with two attached hydrogens (primary N) is 1. The number of nitro benzene ring substituents is 1. The number of carbonyl (C=O) groups is 1. The van der Waals surface area contributed by atoms with E-state index in [1.165, 1.54) is 25.7 Å². The molecule has 1 heterocycles. The van der Waals surface area contributed by atoms with Gasteiger partial charge in [-0.3, -0.25) is 15.0 Å². The summed E-state index contributed by atoms with van der Waals surface area (Å²) in [6, 6.07) is 5.11. The number of hydrogen-bond acceptors (Lipinski definition) is 7. The van der Waals surface area contributed by atoms with Gasteiger partial charge < -0.3 is 15.2 Å². The summed E-state index contributed by atoms with van der Waals surface area (Å²) in [6.45, 7) is 1.77. The molecule has 0 aliphatic carbocycles. The van der Waals surface area contributed by atoms with E-state index >= 15 is 0 Å². The Morgan fingerprint density at radius 1 is 1.44 bits per heavy atom. The van der Waals surface area contributed by atoms with E-state index in [0.29, 0.717) is 19.1 Å². The average molecular weight is 374 g/mol. The van der Waals surface area contributed by atoms with Crippen LogP contribution in [0.5, 0.6) is 5.75 Å². The molecule has 9 heteroatoms. The van der Waals surface area contributed by atoms with E-state index in [1.54, 1.807) is 6.07 Å². The third-order valence-corrected chi connectivity index (χ3v) is 4.20. The molecule has 1 aliphatic rings. The number of carbonyl (C=O) groups excluding carboxylic acids is 1. The van der Waals surface area contributed by atoms with Gasteiger partial charge in [0.15, 0.2) is 12.4 Å². The number of nitrogens with zero attached hydrogens (tertiary/aromatic N) is 2. The number of nitro groups is 1. The Bertz CT molecular complexity index is 599. The molecule has 0 saturated carbocycles. The van der Waals surface area contributed by atoms with Crippen LogP contribution in [0.2, 0.25) is 0 Å². The maximum absolute atomic E-state index is 11.3. The highest BCUT2D eigenvalue weighted by atomic mass is 35.5. The lowest BCUT2D eigenvalue weighted by Gasteiger charge is -2.35. The van der Waals surface area contributed by atoms with Crippen molar-refractivity contribution in [2.75, 3.05) is 26.8 Å². The van der Waals surface area contributed by atoms with Gasteiger partial charge in [-0.25, -0.2) is 4.79 Å². The molecule has 1 saturated heterocycles. The lowest BCUT2D eigenvalue weighted by molar-refractivity contribution is -0.385. The summed E-state index contributed by atoms with van der Waals surface area (Å²) in [5.41, 5.74) is 6.49. The number of methoxy groups -OCH3 is 1. The monoisotopic (exact) mass is 373 g/mol. The second-order valence-electron chi connectivity index (χ2n) is 5.78. The fourth-order valence-electron chi connectivity index (χ4n) is 2.89. The van der Waals surface area contributed by atoms with Crippen molar-refractivity contribution in [3.63, 3.8) is 0 Å². The minimum Gasteiger partial charge on any atom is -0.475 e. The molecule has 8 nitrogen and oxygen atoms in total. The van der Waals surface area contributed by atoms with Crippen molar-refractivity contribution in [1.82, 2.24) is 4.90 Å². The number of halogens is 1. The van der Waals surface area contributed by atoms with Crippen molar-refractivity contribution in [3.05, 3.63) is 33.9 Å². The number of esters is 1. The normalized spacial score (nSPS) is 17.4. The smallest absolute Gasteiger partial charge is 0.343 e. The van der Waals surface area contributed by atoms with E-state index in [2.05, 4.69) is 9.64 Å². The second kappa shape index (κ2) is 10.2. The van der Waals surface area contributed by atoms with Crippen molar-refractivity contribution >= 4 is 24.1 Å². The van der Waals surface area contributed by atoms with Gasteiger partial charge in [0.25, 0.3) is 0 Å².